The first-order valence-electron chi connectivity index (χ1n) is 7.69. The van der Waals surface area contributed by atoms with Crippen molar-refractivity contribution in [2.24, 2.45) is 5.41 Å². The Morgan fingerprint density at radius 3 is 2.38 bits per heavy atom. The number of aryl methyl sites for hydroxylation is 1. The van der Waals surface area contributed by atoms with Crippen LogP contribution in [0.2, 0.25) is 0 Å². The lowest BCUT2D eigenvalue weighted by molar-refractivity contribution is 0.210. The zero-order valence-corrected chi connectivity index (χ0v) is 14.3. The van der Waals surface area contributed by atoms with Crippen LogP contribution in [0.25, 0.3) is 0 Å². The van der Waals surface area contributed by atoms with Crippen molar-refractivity contribution in [2.45, 2.75) is 59.9 Å². The van der Waals surface area contributed by atoms with Crippen molar-refractivity contribution in [3.63, 3.8) is 0 Å². The first-order valence-corrected chi connectivity index (χ1v) is 7.69. The summed E-state index contributed by atoms with van der Waals surface area (Å²) in [4.78, 5) is 12.0. The van der Waals surface area contributed by atoms with E-state index in [-0.39, 0.29) is 17.0 Å². The van der Waals surface area contributed by atoms with E-state index in [1.54, 1.807) is 0 Å². The molecule has 0 aliphatic carbocycles. The van der Waals surface area contributed by atoms with Gasteiger partial charge in [-0.2, -0.15) is 0 Å². The third kappa shape index (κ3) is 7.74. The number of hydrogen-bond donors (Lipinski definition) is 2. The first-order chi connectivity index (χ1) is 9.57. The van der Waals surface area contributed by atoms with Gasteiger partial charge in [0.1, 0.15) is 0 Å². The molecule has 118 valence electrons. The summed E-state index contributed by atoms with van der Waals surface area (Å²) in [5.74, 6) is 0. The quantitative estimate of drug-likeness (QED) is 0.844. The van der Waals surface area contributed by atoms with Crippen LogP contribution in [0, 0.1) is 12.3 Å². The van der Waals surface area contributed by atoms with E-state index in [0.29, 0.717) is 6.54 Å². The molecule has 0 unspecified atom stereocenters. The van der Waals surface area contributed by atoms with Crippen LogP contribution in [0.15, 0.2) is 24.3 Å². The SMILES string of the molecule is Cc1cccc(CCNC(=O)NC(C)(C)CC(C)(C)C)c1. The van der Waals surface area contributed by atoms with Gasteiger partial charge < -0.3 is 10.6 Å². The number of carbonyl (C=O) groups excluding carboxylic acids is 1. The van der Waals surface area contributed by atoms with E-state index < -0.39 is 0 Å². The molecule has 3 heteroatoms. The van der Waals surface area contributed by atoms with E-state index in [0.717, 1.165) is 12.8 Å². The molecule has 3 nitrogen and oxygen atoms in total. The summed E-state index contributed by atoms with van der Waals surface area (Å²) in [7, 11) is 0. The van der Waals surface area contributed by atoms with Gasteiger partial charge in [-0.1, -0.05) is 50.6 Å². The highest BCUT2D eigenvalue weighted by Crippen LogP contribution is 2.26. The normalized spacial score (nSPS) is 12.1. The summed E-state index contributed by atoms with van der Waals surface area (Å²) in [6, 6.07) is 8.30. The summed E-state index contributed by atoms with van der Waals surface area (Å²) in [5, 5.41) is 6.00. The smallest absolute Gasteiger partial charge is 0.315 e. The van der Waals surface area contributed by atoms with Gasteiger partial charge >= 0.3 is 6.03 Å². The molecular formula is C18H30N2O. The minimum absolute atomic E-state index is 0.0862. The van der Waals surface area contributed by atoms with Crippen LogP contribution >= 0.6 is 0 Å². The second-order valence-electron chi connectivity index (χ2n) is 7.74. The predicted molar refractivity (Wildman–Crippen MR) is 89.6 cm³/mol. The van der Waals surface area contributed by atoms with Gasteiger partial charge in [0.2, 0.25) is 0 Å². The minimum atomic E-state index is -0.203. The van der Waals surface area contributed by atoms with E-state index in [2.05, 4.69) is 76.4 Å². The summed E-state index contributed by atoms with van der Waals surface area (Å²) in [6.45, 7) is 13.4. The predicted octanol–water partition coefficient (Wildman–Crippen LogP) is 4.05. The molecule has 0 fully saturated rings. The second-order valence-corrected chi connectivity index (χ2v) is 7.74. The molecule has 1 rings (SSSR count). The molecule has 0 saturated carbocycles. The first kappa shape index (κ1) is 17.5. The lowest BCUT2D eigenvalue weighted by atomic mass is 9.82. The Balaban J connectivity index is 2.37. The molecule has 0 heterocycles. The van der Waals surface area contributed by atoms with E-state index in [4.69, 9.17) is 0 Å². The Labute approximate surface area is 129 Å². The van der Waals surface area contributed by atoms with Crippen molar-refractivity contribution >= 4 is 6.03 Å². The maximum absolute atomic E-state index is 12.0. The highest BCUT2D eigenvalue weighted by atomic mass is 16.2. The van der Waals surface area contributed by atoms with Gasteiger partial charge in [0.05, 0.1) is 0 Å². The number of carbonyl (C=O) groups is 1. The van der Waals surface area contributed by atoms with Gasteiger partial charge in [-0.3, -0.25) is 0 Å². The molecule has 2 amide bonds. The molecule has 0 atom stereocenters. The number of benzene rings is 1. The Bertz CT molecular complexity index is 472. The largest absolute Gasteiger partial charge is 0.338 e. The van der Waals surface area contributed by atoms with Gasteiger partial charge in [-0.25, -0.2) is 4.79 Å². The molecular weight excluding hydrogens is 260 g/mol. The average molecular weight is 290 g/mol. The second kappa shape index (κ2) is 6.97. The minimum Gasteiger partial charge on any atom is -0.338 e. The molecule has 1 aromatic carbocycles. The molecule has 1 aromatic rings. The topological polar surface area (TPSA) is 41.1 Å². The van der Waals surface area contributed by atoms with Crippen molar-refractivity contribution < 1.29 is 4.79 Å². The standard InChI is InChI=1S/C18H30N2O/c1-14-8-7-9-15(12-14)10-11-19-16(21)20-18(5,6)13-17(2,3)4/h7-9,12H,10-11,13H2,1-6H3,(H2,19,20,21). The molecule has 0 spiro atoms. The summed E-state index contributed by atoms with van der Waals surface area (Å²) < 4.78 is 0. The van der Waals surface area contributed by atoms with Crippen molar-refractivity contribution in [3.8, 4) is 0 Å². The van der Waals surface area contributed by atoms with E-state index in [1.165, 1.54) is 11.1 Å². The highest BCUT2D eigenvalue weighted by molar-refractivity contribution is 5.74. The molecule has 2 N–H and O–H groups in total. The molecule has 0 saturated heterocycles. The van der Waals surface area contributed by atoms with Crippen LogP contribution in [0.3, 0.4) is 0 Å². The van der Waals surface area contributed by atoms with Crippen LogP contribution in [-0.4, -0.2) is 18.1 Å². The zero-order chi connectivity index (χ0) is 16.1. The van der Waals surface area contributed by atoms with Gasteiger partial charge in [0.15, 0.2) is 0 Å². The van der Waals surface area contributed by atoms with Crippen molar-refractivity contribution in [1.29, 1.82) is 0 Å². The van der Waals surface area contributed by atoms with Gasteiger partial charge in [0.25, 0.3) is 0 Å². The number of amides is 2. The van der Waals surface area contributed by atoms with Crippen LogP contribution in [0.1, 0.15) is 52.2 Å². The molecule has 0 aliphatic rings. The third-order valence-electron chi connectivity index (χ3n) is 3.21. The maximum Gasteiger partial charge on any atom is 0.315 e. The molecule has 21 heavy (non-hydrogen) atoms. The fourth-order valence-corrected chi connectivity index (χ4v) is 2.91. The van der Waals surface area contributed by atoms with Gasteiger partial charge in [0, 0.05) is 12.1 Å². The lowest BCUT2D eigenvalue weighted by Gasteiger charge is -2.33. The maximum atomic E-state index is 12.0. The summed E-state index contributed by atoms with van der Waals surface area (Å²) >= 11 is 0. The van der Waals surface area contributed by atoms with Crippen molar-refractivity contribution in [1.82, 2.24) is 10.6 Å². The highest BCUT2D eigenvalue weighted by Gasteiger charge is 2.26. The van der Waals surface area contributed by atoms with Gasteiger partial charge in [-0.05, 0) is 44.6 Å². The number of rotatable bonds is 5. The fourth-order valence-electron chi connectivity index (χ4n) is 2.91. The van der Waals surface area contributed by atoms with E-state index in [9.17, 15) is 4.79 Å². The zero-order valence-electron chi connectivity index (χ0n) is 14.3. The van der Waals surface area contributed by atoms with E-state index in [1.807, 2.05) is 0 Å². The van der Waals surface area contributed by atoms with Crippen LogP contribution in [-0.2, 0) is 6.42 Å². The summed E-state index contributed by atoms with van der Waals surface area (Å²) in [5.41, 5.74) is 2.50. The van der Waals surface area contributed by atoms with Crippen molar-refractivity contribution in [2.75, 3.05) is 6.54 Å². The molecule has 0 radical (unpaired) electrons. The van der Waals surface area contributed by atoms with Crippen LogP contribution in [0.4, 0.5) is 4.79 Å². The van der Waals surface area contributed by atoms with Gasteiger partial charge in [-0.15, -0.1) is 0 Å². The molecule has 0 aromatic heterocycles. The Hall–Kier alpha value is -1.51. The third-order valence-corrected chi connectivity index (χ3v) is 3.21. The van der Waals surface area contributed by atoms with Crippen molar-refractivity contribution in [3.05, 3.63) is 35.4 Å². The average Bonchev–Trinajstić information content (AvgIpc) is 2.24. The Morgan fingerprint density at radius 2 is 1.81 bits per heavy atom. The number of hydrogen-bond acceptors (Lipinski definition) is 1. The fraction of sp³-hybridized carbons (Fsp3) is 0.611. The van der Waals surface area contributed by atoms with Crippen LogP contribution in [0.5, 0.6) is 0 Å². The number of urea groups is 1. The monoisotopic (exact) mass is 290 g/mol. The summed E-state index contributed by atoms with van der Waals surface area (Å²) in [6.07, 6.45) is 1.79. The molecule has 0 aliphatic heterocycles. The van der Waals surface area contributed by atoms with Crippen LogP contribution < -0.4 is 10.6 Å². The Morgan fingerprint density at radius 1 is 1.14 bits per heavy atom. The Kier molecular flexibility index (Phi) is 5.82. The number of nitrogens with one attached hydrogen (secondary N) is 2. The van der Waals surface area contributed by atoms with E-state index >= 15 is 0 Å². The molecule has 0 bridgehead atoms. The lowest BCUT2D eigenvalue weighted by Crippen LogP contribution is -2.50.